The molecule has 0 aliphatic carbocycles. The monoisotopic (exact) mass is 468 g/mol. The number of fused-ring (bicyclic) bond motifs is 1. The molecule has 2 heterocycles. The Morgan fingerprint density at radius 2 is 1.60 bits per heavy atom. The van der Waals surface area contributed by atoms with Gasteiger partial charge in [0.2, 0.25) is 5.91 Å². The van der Waals surface area contributed by atoms with Gasteiger partial charge in [-0.1, -0.05) is 24.3 Å². The van der Waals surface area contributed by atoms with Crippen LogP contribution in [-0.4, -0.2) is 54.3 Å². The quantitative estimate of drug-likeness (QED) is 0.294. The highest BCUT2D eigenvalue weighted by molar-refractivity contribution is 6.12. The number of hydrogen-bond acceptors (Lipinski definition) is 6. The van der Waals surface area contributed by atoms with Gasteiger partial charge in [-0.3, -0.25) is 14.6 Å². The number of morpholine rings is 1. The Morgan fingerprint density at radius 3 is 2.29 bits per heavy atom. The number of amides is 1. The van der Waals surface area contributed by atoms with E-state index in [0.29, 0.717) is 27.8 Å². The topological polar surface area (TPSA) is 121 Å². The van der Waals surface area contributed by atoms with Gasteiger partial charge >= 0.3 is 0 Å². The number of hydrogen-bond donors (Lipinski definition) is 3. The summed E-state index contributed by atoms with van der Waals surface area (Å²) in [6, 6.07) is 19.3. The summed E-state index contributed by atoms with van der Waals surface area (Å²) < 4.78 is 5.40. The highest BCUT2D eigenvalue weighted by atomic mass is 16.5. The number of aromatic amines is 1. The first-order valence-electron chi connectivity index (χ1n) is 11.3. The largest absolute Gasteiger partial charge is 0.494 e. The number of aromatic hydroxyl groups is 1. The maximum absolute atomic E-state index is 12.9. The van der Waals surface area contributed by atoms with Gasteiger partial charge < -0.3 is 25.5 Å². The van der Waals surface area contributed by atoms with Gasteiger partial charge in [0.25, 0.3) is 0 Å². The number of aromatic nitrogens is 1. The number of carbonyl (C=O) groups is 2. The molecule has 4 aromatic rings. The van der Waals surface area contributed by atoms with Crippen LogP contribution in [0, 0.1) is 0 Å². The van der Waals surface area contributed by atoms with Crippen LogP contribution in [0.25, 0.3) is 10.9 Å². The number of rotatable bonds is 6. The van der Waals surface area contributed by atoms with Crippen molar-refractivity contribution in [3.8, 4) is 5.88 Å². The third-order valence-electron chi connectivity index (χ3n) is 6.08. The average Bonchev–Trinajstić information content (AvgIpc) is 3.21. The minimum atomic E-state index is -0.547. The maximum atomic E-state index is 12.9. The zero-order valence-electron chi connectivity index (χ0n) is 18.9. The van der Waals surface area contributed by atoms with E-state index < -0.39 is 5.91 Å². The zero-order chi connectivity index (χ0) is 24.4. The minimum absolute atomic E-state index is 0.0240. The molecule has 4 N–H and O–H groups in total. The second-order valence-electron chi connectivity index (χ2n) is 8.29. The number of carbonyl (C=O) groups excluding carboxylic acids is 2. The summed E-state index contributed by atoms with van der Waals surface area (Å²) in [5, 5.41) is 11.2. The summed E-state index contributed by atoms with van der Waals surface area (Å²) in [5.74, 6) is -0.772. The normalized spacial score (nSPS) is 14.0. The molecule has 1 aliphatic heterocycles. The second kappa shape index (κ2) is 9.44. The van der Waals surface area contributed by atoms with Gasteiger partial charge in [-0.25, -0.2) is 0 Å². The lowest BCUT2D eigenvalue weighted by Crippen LogP contribution is -2.36. The summed E-state index contributed by atoms with van der Waals surface area (Å²) >= 11 is 0. The van der Waals surface area contributed by atoms with E-state index in [1.807, 2.05) is 24.3 Å². The van der Waals surface area contributed by atoms with Crippen LogP contribution in [0.1, 0.15) is 31.8 Å². The van der Waals surface area contributed by atoms with Crippen LogP contribution < -0.4 is 10.6 Å². The van der Waals surface area contributed by atoms with Gasteiger partial charge in [-0.15, -0.1) is 0 Å². The number of nitrogens with two attached hydrogens (primary N) is 1. The second-order valence-corrected chi connectivity index (χ2v) is 8.29. The number of aliphatic imine (C=N–C) groups is 1. The highest BCUT2D eigenvalue weighted by Gasteiger charge is 2.15. The van der Waals surface area contributed by atoms with Crippen LogP contribution in [0.4, 0.5) is 11.4 Å². The van der Waals surface area contributed by atoms with E-state index in [9.17, 15) is 14.7 Å². The molecule has 5 rings (SSSR count). The minimum Gasteiger partial charge on any atom is -0.494 e. The molecule has 0 unspecified atom stereocenters. The number of benzene rings is 3. The number of nitrogens with one attached hydrogen (secondary N) is 1. The van der Waals surface area contributed by atoms with Crippen LogP contribution in [0.3, 0.4) is 0 Å². The molecule has 0 bridgehead atoms. The van der Waals surface area contributed by atoms with Crippen molar-refractivity contribution in [2.45, 2.75) is 0 Å². The van der Waals surface area contributed by atoms with E-state index >= 15 is 0 Å². The van der Waals surface area contributed by atoms with Crippen LogP contribution in [0.15, 0.2) is 71.7 Å². The molecule has 1 fully saturated rings. The Balaban J connectivity index is 1.36. The standard InChI is InChI=1S/C27H24N4O4/c28-26(33)18-3-1-17(2-4-18)25(32)19-5-10-22-23(27(34)30-24(22)15-19)16-29-20-6-8-21(9-7-20)31-11-13-35-14-12-31/h1-10,15-16,30,34H,11-14H2,(H2,28,33). The third kappa shape index (κ3) is 4.64. The van der Waals surface area contributed by atoms with Gasteiger partial charge in [0.05, 0.1) is 24.5 Å². The number of anilines is 1. The van der Waals surface area contributed by atoms with Gasteiger partial charge in [0.1, 0.15) is 0 Å². The molecular formula is C27H24N4O4. The number of ketones is 1. The van der Waals surface area contributed by atoms with E-state index in [1.54, 1.807) is 36.5 Å². The SMILES string of the molecule is NC(=O)c1ccc(C(=O)c2ccc3c(C=Nc4ccc(N5CCOCC5)cc4)c(O)[nH]c3c2)cc1. The van der Waals surface area contributed by atoms with E-state index in [2.05, 4.69) is 14.9 Å². The molecule has 0 saturated carbocycles. The number of H-pyrrole nitrogens is 1. The van der Waals surface area contributed by atoms with Gasteiger partial charge in [0.15, 0.2) is 11.7 Å². The van der Waals surface area contributed by atoms with E-state index in [4.69, 9.17) is 10.5 Å². The van der Waals surface area contributed by atoms with E-state index in [-0.39, 0.29) is 11.7 Å². The van der Waals surface area contributed by atoms with Crippen molar-refractivity contribution in [3.63, 3.8) is 0 Å². The van der Waals surface area contributed by atoms with Crippen LogP contribution in [0.5, 0.6) is 5.88 Å². The molecule has 176 valence electrons. The molecule has 8 heteroatoms. The van der Waals surface area contributed by atoms with E-state index in [0.717, 1.165) is 43.1 Å². The number of primary amides is 1. The maximum Gasteiger partial charge on any atom is 0.248 e. The molecule has 0 spiro atoms. The summed E-state index contributed by atoms with van der Waals surface area (Å²) in [4.78, 5) is 33.8. The Labute approximate surface area is 201 Å². The Morgan fingerprint density at radius 1 is 0.943 bits per heavy atom. The molecule has 0 atom stereocenters. The first-order chi connectivity index (χ1) is 17.0. The van der Waals surface area contributed by atoms with Crippen LogP contribution in [0.2, 0.25) is 0 Å². The smallest absolute Gasteiger partial charge is 0.248 e. The Hall–Kier alpha value is -4.43. The lowest BCUT2D eigenvalue weighted by Gasteiger charge is -2.28. The van der Waals surface area contributed by atoms with Gasteiger partial charge in [0, 0.05) is 52.6 Å². The summed E-state index contributed by atoms with van der Waals surface area (Å²) in [6.45, 7) is 3.20. The molecule has 3 aromatic carbocycles. The first-order valence-corrected chi connectivity index (χ1v) is 11.3. The summed E-state index contributed by atoms with van der Waals surface area (Å²) in [6.07, 6.45) is 1.61. The lowest BCUT2D eigenvalue weighted by molar-refractivity contribution is 0.0996. The molecule has 1 amide bonds. The first kappa shape index (κ1) is 22.4. The number of nitrogens with zero attached hydrogens (tertiary/aromatic N) is 2. The predicted octanol–water partition coefficient (Wildman–Crippen LogP) is 3.79. The Bertz CT molecular complexity index is 1420. The van der Waals surface area contributed by atoms with Crippen molar-refractivity contribution in [2.75, 3.05) is 31.2 Å². The summed E-state index contributed by atoms with van der Waals surface area (Å²) in [7, 11) is 0. The van der Waals surface area contributed by atoms with Crippen LogP contribution >= 0.6 is 0 Å². The fourth-order valence-corrected chi connectivity index (χ4v) is 4.14. The molecular weight excluding hydrogens is 444 g/mol. The van der Waals surface area contributed by atoms with Gasteiger partial charge in [-0.2, -0.15) is 0 Å². The third-order valence-corrected chi connectivity index (χ3v) is 6.08. The average molecular weight is 469 g/mol. The fourth-order valence-electron chi connectivity index (χ4n) is 4.14. The molecule has 1 aliphatic rings. The van der Waals surface area contributed by atoms with Crippen molar-refractivity contribution in [1.82, 2.24) is 4.98 Å². The molecule has 8 nitrogen and oxygen atoms in total. The molecule has 35 heavy (non-hydrogen) atoms. The predicted molar refractivity (Wildman–Crippen MR) is 135 cm³/mol. The van der Waals surface area contributed by atoms with Crippen molar-refractivity contribution < 1.29 is 19.4 Å². The van der Waals surface area contributed by atoms with Crippen molar-refractivity contribution >= 4 is 40.2 Å². The number of ether oxygens (including phenoxy) is 1. The van der Waals surface area contributed by atoms with E-state index in [1.165, 1.54) is 12.1 Å². The van der Waals surface area contributed by atoms with Crippen LogP contribution in [-0.2, 0) is 4.74 Å². The Kier molecular flexibility index (Phi) is 6.03. The van der Waals surface area contributed by atoms with Gasteiger partial charge in [-0.05, 0) is 42.5 Å². The van der Waals surface area contributed by atoms with Crippen molar-refractivity contribution in [3.05, 3.63) is 89.0 Å². The van der Waals surface area contributed by atoms with Crippen molar-refractivity contribution in [2.24, 2.45) is 10.7 Å². The lowest BCUT2D eigenvalue weighted by atomic mass is 10.0. The highest BCUT2D eigenvalue weighted by Crippen LogP contribution is 2.28. The zero-order valence-corrected chi connectivity index (χ0v) is 18.9. The fraction of sp³-hybridized carbons (Fsp3) is 0.148. The molecule has 1 aromatic heterocycles. The molecule has 1 saturated heterocycles. The van der Waals surface area contributed by atoms with Crippen molar-refractivity contribution in [1.29, 1.82) is 0 Å². The molecule has 0 radical (unpaired) electrons. The summed E-state index contributed by atoms with van der Waals surface area (Å²) in [5.41, 5.74) is 9.54.